The first kappa shape index (κ1) is 41.6. The Kier molecular flexibility index (Phi) is 12.3. The van der Waals surface area contributed by atoms with Crippen molar-refractivity contribution < 1.29 is 0 Å². The molecule has 318 valence electrons. The van der Waals surface area contributed by atoms with E-state index in [0.717, 1.165) is 39.8 Å². The van der Waals surface area contributed by atoms with E-state index in [2.05, 4.69) is 295 Å². The summed E-state index contributed by atoms with van der Waals surface area (Å²) in [6.45, 7) is 2.10. The second-order valence-corrected chi connectivity index (χ2v) is 16.6. The largest absolute Gasteiger partial charge is 0.378 e. The lowest BCUT2D eigenvalue weighted by molar-refractivity contribution is 0.743. The normalized spacial score (nSPS) is 14.4. The maximum absolute atomic E-state index is 3.75. The summed E-state index contributed by atoms with van der Waals surface area (Å²) in [5.74, 6) is 0.198. The van der Waals surface area contributed by atoms with E-state index in [1.54, 1.807) is 0 Å². The fourth-order valence-electron chi connectivity index (χ4n) is 9.03. The van der Waals surface area contributed by atoms with Crippen LogP contribution in [0.2, 0.25) is 0 Å². The van der Waals surface area contributed by atoms with E-state index >= 15 is 0 Å². The molecule has 0 heterocycles. The maximum atomic E-state index is 3.75. The molecule has 0 fully saturated rings. The van der Waals surface area contributed by atoms with Crippen LogP contribution in [-0.4, -0.2) is 6.04 Å². The highest BCUT2D eigenvalue weighted by Gasteiger charge is 2.25. The van der Waals surface area contributed by atoms with Gasteiger partial charge in [0.15, 0.2) is 0 Å². The Labute approximate surface area is 389 Å². The Hall–Kier alpha value is -8.40. The molecule has 0 amide bonds. The summed E-state index contributed by atoms with van der Waals surface area (Å²) in [4.78, 5) is 4.64. The van der Waals surface area contributed by atoms with Crippen LogP contribution in [0.1, 0.15) is 12.5 Å². The third-order valence-corrected chi connectivity index (χ3v) is 12.4. The van der Waals surface area contributed by atoms with Crippen LogP contribution in [0.5, 0.6) is 0 Å². The molecule has 1 aliphatic carbocycles. The first-order valence-corrected chi connectivity index (χ1v) is 22.8. The van der Waals surface area contributed by atoms with Gasteiger partial charge in [0.25, 0.3) is 0 Å². The highest BCUT2D eigenvalue weighted by Crippen LogP contribution is 2.40. The molecule has 0 radical (unpaired) electrons. The number of para-hydroxylation sites is 3. The standard InChI is InChI=1S/C63H51N3/c1-2-16-62-61(25-15-26-63(62)64-54-19-9-4-10-20-54)53-37-45-60(46-38-53)66(56-23-13-6-14-24-56)59-43-35-52(36-44-59)49-29-27-48(28-30-49)51-33-41-58(42-34-51)65(55-21-11-5-12-22-55)57-39-31-50(32-40-57)47-17-7-3-8-18-47/h2-46,62-64H,1H3/b16-2-. The lowest BCUT2D eigenvalue weighted by Crippen LogP contribution is -2.28. The number of allylic oxidation sites excluding steroid dienone is 3. The summed E-state index contributed by atoms with van der Waals surface area (Å²) in [5.41, 5.74) is 17.4. The van der Waals surface area contributed by atoms with Crippen LogP contribution in [0.15, 0.2) is 273 Å². The second kappa shape index (κ2) is 19.6. The van der Waals surface area contributed by atoms with Gasteiger partial charge in [0.2, 0.25) is 0 Å². The van der Waals surface area contributed by atoms with E-state index in [9.17, 15) is 0 Å². The molecule has 3 nitrogen and oxygen atoms in total. The van der Waals surface area contributed by atoms with Gasteiger partial charge < -0.3 is 15.1 Å². The number of anilines is 7. The van der Waals surface area contributed by atoms with Gasteiger partial charge in [-0.05, 0) is 136 Å². The molecule has 2 unspecified atom stereocenters. The Morgan fingerprint density at radius 1 is 0.348 bits per heavy atom. The lowest BCUT2D eigenvalue weighted by Gasteiger charge is -2.30. The minimum atomic E-state index is 0.151. The lowest BCUT2D eigenvalue weighted by atomic mass is 9.82. The average molecular weight is 850 g/mol. The van der Waals surface area contributed by atoms with Gasteiger partial charge in [-0.2, -0.15) is 0 Å². The fourth-order valence-corrected chi connectivity index (χ4v) is 9.03. The van der Waals surface area contributed by atoms with E-state index in [4.69, 9.17) is 0 Å². The van der Waals surface area contributed by atoms with E-state index in [1.807, 2.05) is 0 Å². The Morgan fingerprint density at radius 3 is 1.06 bits per heavy atom. The predicted octanol–water partition coefficient (Wildman–Crippen LogP) is 17.3. The third kappa shape index (κ3) is 9.15. The summed E-state index contributed by atoms with van der Waals surface area (Å²) in [6.07, 6.45) is 11.2. The summed E-state index contributed by atoms with van der Waals surface area (Å²) < 4.78 is 0. The number of hydrogen-bond donors (Lipinski definition) is 1. The monoisotopic (exact) mass is 849 g/mol. The van der Waals surface area contributed by atoms with Gasteiger partial charge in [0, 0.05) is 45.7 Å². The predicted molar refractivity (Wildman–Crippen MR) is 281 cm³/mol. The first-order valence-electron chi connectivity index (χ1n) is 22.8. The van der Waals surface area contributed by atoms with E-state index in [1.165, 1.54) is 44.5 Å². The summed E-state index contributed by atoms with van der Waals surface area (Å²) >= 11 is 0. The minimum absolute atomic E-state index is 0.151. The van der Waals surface area contributed by atoms with Crippen molar-refractivity contribution in [2.75, 3.05) is 15.1 Å². The van der Waals surface area contributed by atoms with Crippen LogP contribution in [0.3, 0.4) is 0 Å². The summed E-state index contributed by atoms with van der Waals surface area (Å²) in [6, 6.07) is 86.9. The number of nitrogens with one attached hydrogen (secondary N) is 1. The van der Waals surface area contributed by atoms with Crippen molar-refractivity contribution in [1.29, 1.82) is 0 Å². The van der Waals surface area contributed by atoms with Crippen LogP contribution in [-0.2, 0) is 0 Å². The Morgan fingerprint density at radius 2 is 0.667 bits per heavy atom. The zero-order valence-corrected chi connectivity index (χ0v) is 37.0. The molecule has 2 atom stereocenters. The van der Waals surface area contributed by atoms with Gasteiger partial charge in [0.1, 0.15) is 0 Å². The molecule has 0 saturated heterocycles. The van der Waals surface area contributed by atoms with Crippen LogP contribution < -0.4 is 15.1 Å². The zero-order valence-electron chi connectivity index (χ0n) is 37.0. The van der Waals surface area contributed by atoms with Crippen molar-refractivity contribution in [2.45, 2.75) is 13.0 Å². The molecule has 3 heteroatoms. The van der Waals surface area contributed by atoms with Crippen LogP contribution in [0, 0.1) is 5.92 Å². The molecule has 10 rings (SSSR count). The molecule has 0 aliphatic heterocycles. The average Bonchev–Trinajstić information content (AvgIpc) is 3.39. The van der Waals surface area contributed by atoms with E-state index in [-0.39, 0.29) is 12.0 Å². The molecule has 66 heavy (non-hydrogen) atoms. The second-order valence-electron chi connectivity index (χ2n) is 16.6. The van der Waals surface area contributed by atoms with Gasteiger partial charge in [-0.25, -0.2) is 0 Å². The quantitative estimate of drug-likeness (QED) is 0.117. The molecular weight excluding hydrogens is 799 g/mol. The Bertz CT molecular complexity index is 3050. The molecule has 1 aliphatic rings. The van der Waals surface area contributed by atoms with Crippen LogP contribution >= 0.6 is 0 Å². The molecule has 0 spiro atoms. The van der Waals surface area contributed by atoms with Gasteiger partial charge >= 0.3 is 0 Å². The number of rotatable bonds is 13. The van der Waals surface area contributed by atoms with Crippen molar-refractivity contribution in [3.8, 4) is 33.4 Å². The summed E-state index contributed by atoms with van der Waals surface area (Å²) in [7, 11) is 0. The van der Waals surface area contributed by atoms with E-state index < -0.39 is 0 Å². The SMILES string of the molecule is C/C=C\C1C(c2ccc(N(c3ccccc3)c3ccc(-c4ccc(-c5ccc(N(c6ccccc6)c6ccc(-c7ccccc7)cc6)cc5)cc4)cc3)cc2)=CC=CC1Nc1ccccc1. The Balaban J connectivity index is 0.865. The third-order valence-electron chi connectivity index (χ3n) is 12.4. The van der Waals surface area contributed by atoms with E-state index in [0.29, 0.717) is 0 Å². The minimum Gasteiger partial charge on any atom is -0.378 e. The van der Waals surface area contributed by atoms with Crippen molar-refractivity contribution in [2.24, 2.45) is 5.92 Å². The highest BCUT2D eigenvalue weighted by atomic mass is 15.1. The maximum Gasteiger partial charge on any atom is 0.0551 e. The molecule has 9 aromatic rings. The number of hydrogen-bond acceptors (Lipinski definition) is 3. The van der Waals surface area contributed by atoms with Crippen molar-refractivity contribution in [3.63, 3.8) is 0 Å². The molecule has 9 aromatic carbocycles. The van der Waals surface area contributed by atoms with Crippen molar-refractivity contribution in [1.82, 2.24) is 0 Å². The van der Waals surface area contributed by atoms with Gasteiger partial charge in [0.05, 0.1) is 6.04 Å². The molecular formula is C63H51N3. The van der Waals surface area contributed by atoms with Crippen molar-refractivity contribution >= 4 is 45.4 Å². The van der Waals surface area contributed by atoms with Crippen molar-refractivity contribution in [3.05, 3.63) is 279 Å². The van der Waals surface area contributed by atoms with Gasteiger partial charge in [-0.3, -0.25) is 0 Å². The topological polar surface area (TPSA) is 18.5 Å². The number of nitrogens with zero attached hydrogens (tertiary/aromatic N) is 2. The van der Waals surface area contributed by atoms with Crippen LogP contribution in [0.25, 0.3) is 39.0 Å². The molecule has 0 aromatic heterocycles. The molecule has 1 N–H and O–H groups in total. The molecule has 0 bridgehead atoms. The zero-order chi connectivity index (χ0) is 44.5. The summed E-state index contributed by atoms with van der Waals surface area (Å²) in [5, 5.41) is 3.75. The molecule has 0 saturated carbocycles. The highest BCUT2D eigenvalue weighted by molar-refractivity contribution is 5.83. The van der Waals surface area contributed by atoms with Gasteiger partial charge in [-0.1, -0.05) is 188 Å². The smallest absolute Gasteiger partial charge is 0.0551 e. The first-order chi connectivity index (χ1) is 32.7. The van der Waals surface area contributed by atoms with Crippen LogP contribution in [0.4, 0.5) is 39.8 Å². The van der Waals surface area contributed by atoms with Gasteiger partial charge in [-0.15, -0.1) is 0 Å². The number of benzene rings is 9. The fraction of sp³-hybridized carbons (Fsp3) is 0.0476.